The summed E-state index contributed by atoms with van der Waals surface area (Å²) in [6.45, 7) is 11.6. The first-order chi connectivity index (χ1) is 8.92. The Balaban J connectivity index is 3.18. The van der Waals surface area contributed by atoms with E-state index >= 15 is 0 Å². The number of hydrogen-bond donors (Lipinski definition) is 2. The lowest BCUT2D eigenvalue weighted by molar-refractivity contribution is 0.392. The molecule has 0 saturated carbocycles. The van der Waals surface area contributed by atoms with Gasteiger partial charge in [0.25, 0.3) is 0 Å². The number of benzene rings is 1. The molecule has 0 bridgehead atoms. The Kier molecular flexibility index (Phi) is 5.83. The van der Waals surface area contributed by atoms with Gasteiger partial charge in [-0.15, -0.1) is 0 Å². The summed E-state index contributed by atoms with van der Waals surface area (Å²) in [5, 5.41) is 6.88. The Morgan fingerprint density at radius 1 is 1.16 bits per heavy atom. The van der Waals surface area contributed by atoms with Crippen molar-refractivity contribution in [3.8, 4) is 5.75 Å². The van der Waals surface area contributed by atoms with Crippen molar-refractivity contribution in [3.05, 3.63) is 28.3 Å². The van der Waals surface area contributed by atoms with Crippen molar-refractivity contribution >= 4 is 0 Å². The highest BCUT2D eigenvalue weighted by atomic mass is 16.5. The van der Waals surface area contributed by atoms with Crippen LogP contribution in [0.3, 0.4) is 0 Å². The third-order valence-corrected chi connectivity index (χ3v) is 3.67. The van der Waals surface area contributed by atoms with E-state index in [1.165, 1.54) is 22.3 Å². The molecule has 0 amide bonds. The van der Waals surface area contributed by atoms with Gasteiger partial charge in [0.1, 0.15) is 5.75 Å². The van der Waals surface area contributed by atoms with Gasteiger partial charge >= 0.3 is 0 Å². The van der Waals surface area contributed by atoms with Gasteiger partial charge in [-0.3, -0.25) is 0 Å². The summed E-state index contributed by atoms with van der Waals surface area (Å²) < 4.78 is 5.66. The molecule has 0 spiro atoms. The van der Waals surface area contributed by atoms with E-state index in [0.717, 1.165) is 12.3 Å². The summed E-state index contributed by atoms with van der Waals surface area (Å²) in [6, 6.07) is 2.98. The van der Waals surface area contributed by atoms with Gasteiger partial charge in [-0.05, 0) is 44.5 Å². The lowest BCUT2D eigenvalue weighted by atomic mass is 9.94. The molecule has 0 radical (unpaired) electrons. The number of rotatable bonds is 6. The molecule has 19 heavy (non-hydrogen) atoms. The molecule has 1 unspecified atom stereocenters. The van der Waals surface area contributed by atoms with Crippen LogP contribution < -0.4 is 15.4 Å². The monoisotopic (exact) mass is 264 g/mol. The predicted molar refractivity (Wildman–Crippen MR) is 82.1 cm³/mol. The Bertz CT molecular complexity index is 427. The molecule has 108 valence electrons. The molecule has 0 aliphatic rings. The van der Waals surface area contributed by atoms with Crippen LogP contribution in [-0.4, -0.2) is 26.7 Å². The van der Waals surface area contributed by atoms with E-state index in [1.807, 2.05) is 7.05 Å². The molecule has 0 aliphatic carbocycles. The number of aryl methyl sites for hydroxylation is 2. The first kappa shape index (κ1) is 16.0. The molecule has 0 saturated heterocycles. The Morgan fingerprint density at radius 2 is 1.79 bits per heavy atom. The number of ether oxygens (including phenoxy) is 1. The quantitative estimate of drug-likeness (QED) is 0.829. The predicted octanol–water partition coefficient (Wildman–Crippen LogP) is 2.88. The van der Waals surface area contributed by atoms with Crippen LogP contribution in [0.5, 0.6) is 5.75 Å². The molecule has 1 aromatic carbocycles. The molecule has 3 nitrogen and oxygen atoms in total. The van der Waals surface area contributed by atoms with Crippen molar-refractivity contribution in [2.45, 2.75) is 46.7 Å². The second-order valence-electron chi connectivity index (χ2n) is 5.49. The van der Waals surface area contributed by atoms with Gasteiger partial charge < -0.3 is 15.4 Å². The normalized spacial score (nSPS) is 12.8. The minimum absolute atomic E-state index is 0.261. The van der Waals surface area contributed by atoms with Crippen molar-refractivity contribution in [1.29, 1.82) is 0 Å². The van der Waals surface area contributed by atoms with Crippen LogP contribution in [-0.2, 0) is 0 Å². The third kappa shape index (κ3) is 3.71. The van der Waals surface area contributed by atoms with Gasteiger partial charge in [-0.1, -0.05) is 19.9 Å². The van der Waals surface area contributed by atoms with Crippen molar-refractivity contribution in [2.75, 3.05) is 20.7 Å². The second-order valence-corrected chi connectivity index (χ2v) is 5.49. The van der Waals surface area contributed by atoms with Crippen LogP contribution >= 0.6 is 0 Å². The highest BCUT2D eigenvalue weighted by Crippen LogP contribution is 2.33. The molecule has 0 heterocycles. The maximum absolute atomic E-state index is 5.66. The van der Waals surface area contributed by atoms with Crippen LogP contribution in [0.2, 0.25) is 0 Å². The fourth-order valence-electron chi connectivity index (χ4n) is 2.47. The Morgan fingerprint density at radius 3 is 2.26 bits per heavy atom. The molecular weight excluding hydrogens is 236 g/mol. The average molecular weight is 264 g/mol. The molecule has 1 aromatic rings. The van der Waals surface area contributed by atoms with Gasteiger partial charge in [-0.25, -0.2) is 0 Å². The number of hydrogen-bond acceptors (Lipinski definition) is 3. The maximum atomic E-state index is 5.66. The van der Waals surface area contributed by atoms with Gasteiger partial charge in [0.2, 0.25) is 0 Å². The zero-order valence-electron chi connectivity index (χ0n) is 13.3. The minimum atomic E-state index is 0.261. The minimum Gasteiger partial charge on any atom is -0.496 e. The topological polar surface area (TPSA) is 33.3 Å². The van der Waals surface area contributed by atoms with Crippen LogP contribution in [0.25, 0.3) is 0 Å². The van der Waals surface area contributed by atoms with Crippen LogP contribution in [0.4, 0.5) is 0 Å². The fraction of sp³-hybridized carbons (Fsp3) is 0.625. The molecule has 3 heteroatoms. The van der Waals surface area contributed by atoms with Crippen molar-refractivity contribution < 1.29 is 4.74 Å². The van der Waals surface area contributed by atoms with E-state index < -0.39 is 0 Å². The highest BCUT2D eigenvalue weighted by molar-refractivity contribution is 5.51. The lowest BCUT2D eigenvalue weighted by Crippen LogP contribution is -2.34. The van der Waals surface area contributed by atoms with Crippen molar-refractivity contribution in [1.82, 2.24) is 10.6 Å². The van der Waals surface area contributed by atoms with E-state index in [4.69, 9.17) is 4.74 Å². The summed E-state index contributed by atoms with van der Waals surface area (Å²) in [5.74, 6) is 1.02. The van der Waals surface area contributed by atoms with Crippen LogP contribution in [0, 0.1) is 20.8 Å². The molecule has 2 N–H and O–H groups in total. The highest BCUT2D eigenvalue weighted by Gasteiger charge is 2.20. The Hall–Kier alpha value is -1.06. The molecule has 1 rings (SSSR count). The summed E-state index contributed by atoms with van der Waals surface area (Å²) in [6.07, 6.45) is 0. The second kappa shape index (κ2) is 6.92. The molecule has 0 fully saturated rings. The van der Waals surface area contributed by atoms with Crippen LogP contribution in [0.15, 0.2) is 6.07 Å². The van der Waals surface area contributed by atoms with Crippen LogP contribution in [0.1, 0.15) is 42.1 Å². The molecular formula is C16H28N2O. The maximum Gasteiger partial charge on any atom is 0.127 e. The van der Waals surface area contributed by atoms with Gasteiger partial charge in [0.15, 0.2) is 0 Å². The fourth-order valence-corrected chi connectivity index (χ4v) is 2.47. The summed E-state index contributed by atoms with van der Waals surface area (Å²) in [4.78, 5) is 0. The van der Waals surface area contributed by atoms with Crippen molar-refractivity contribution in [2.24, 2.45) is 0 Å². The molecule has 0 aliphatic heterocycles. The van der Waals surface area contributed by atoms with Gasteiger partial charge in [0, 0.05) is 24.2 Å². The Labute approximate surface area is 117 Å². The number of methoxy groups -OCH3 is 1. The van der Waals surface area contributed by atoms with E-state index in [0.29, 0.717) is 6.04 Å². The average Bonchev–Trinajstić information content (AvgIpc) is 2.35. The molecule has 1 atom stereocenters. The smallest absolute Gasteiger partial charge is 0.127 e. The summed E-state index contributed by atoms with van der Waals surface area (Å²) in [7, 11) is 3.76. The SMILES string of the molecule is CNC(CNC(C)C)c1c(C)cc(C)c(C)c1OC. The van der Waals surface area contributed by atoms with E-state index in [9.17, 15) is 0 Å². The standard InChI is InChI=1S/C16H28N2O/c1-10(2)18-9-14(17-6)15-12(4)8-11(3)13(5)16(15)19-7/h8,10,14,17-18H,9H2,1-7H3. The lowest BCUT2D eigenvalue weighted by Gasteiger charge is -2.25. The molecule has 0 aromatic heterocycles. The summed E-state index contributed by atoms with van der Waals surface area (Å²) in [5.41, 5.74) is 5.06. The number of nitrogens with one attached hydrogen (secondary N) is 2. The van der Waals surface area contributed by atoms with Gasteiger partial charge in [-0.2, -0.15) is 0 Å². The van der Waals surface area contributed by atoms with Gasteiger partial charge in [0.05, 0.1) is 7.11 Å². The first-order valence-electron chi connectivity index (χ1n) is 6.97. The van der Waals surface area contributed by atoms with E-state index in [2.05, 4.69) is 51.3 Å². The van der Waals surface area contributed by atoms with E-state index in [-0.39, 0.29) is 6.04 Å². The number of likely N-dealkylation sites (N-methyl/N-ethyl adjacent to an activating group) is 1. The summed E-state index contributed by atoms with van der Waals surface area (Å²) >= 11 is 0. The van der Waals surface area contributed by atoms with Crippen molar-refractivity contribution in [3.63, 3.8) is 0 Å². The zero-order valence-corrected chi connectivity index (χ0v) is 13.3. The largest absolute Gasteiger partial charge is 0.496 e. The first-order valence-corrected chi connectivity index (χ1v) is 6.97. The third-order valence-electron chi connectivity index (χ3n) is 3.67. The zero-order chi connectivity index (χ0) is 14.6. The van der Waals surface area contributed by atoms with E-state index in [1.54, 1.807) is 7.11 Å².